The summed E-state index contributed by atoms with van der Waals surface area (Å²) in [6.45, 7) is 6.27. The fourth-order valence-corrected chi connectivity index (χ4v) is 4.85. The lowest BCUT2D eigenvalue weighted by atomic mass is 9.84. The predicted octanol–water partition coefficient (Wildman–Crippen LogP) is 5.44. The minimum atomic E-state index is -4.15. The van der Waals surface area contributed by atoms with Gasteiger partial charge in [-0.3, -0.25) is 14.1 Å². The van der Waals surface area contributed by atoms with Crippen LogP contribution in [0.4, 0.5) is 5.69 Å². The lowest BCUT2D eigenvalue weighted by Crippen LogP contribution is -2.28. The van der Waals surface area contributed by atoms with Gasteiger partial charge in [0.2, 0.25) is 5.91 Å². The molecular weight excluding hydrogens is 512 g/mol. The van der Waals surface area contributed by atoms with Gasteiger partial charge in [-0.05, 0) is 77.1 Å². The zero-order valence-electron chi connectivity index (χ0n) is 22.6. The Bertz CT molecular complexity index is 1400. The van der Waals surface area contributed by atoms with Gasteiger partial charge in [0.15, 0.2) is 0 Å². The molecule has 4 rings (SSSR count). The molecule has 206 valence electrons. The third-order valence-electron chi connectivity index (χ3n) is 7.02. The van der Waals surface area contributed by atoms with E-state index in [0.29, 0.717) is 17.9 Å². The predicted molar refractivity (Wildman–Crippen MR) is 154 cm³/mol. The Kier molecular flexibility index (Phi) is 8.57. The van der Waals surface area contributed by atoms with E-state index in [1.54, 1.807) is 24.3 Å². The summed E-state index contributed by atoms with van der Waals surface area (Å²) in [7, 11) is -4.15. The highest BCUT2D eigenvalue weighted by Gasteiger charge is 2.25. The van der Waals surface area contributed by atoms with Crippen LogP contribution < -0.4 is 10.6 Å². The number of amides is 2. The Hall–Kier alpha value is -3.49. The molecule has 0 spiro atoms. The molecule has 1 saturated carbocycles. The maximum atomic E-state index is 13.6. The molecule has 1 unspecified atom stereocenters. The van der Waals surface area contributed by atoms with Crippen molar-refractivity contribution >= 4 is 27.6 Å². The second-order valence-electron chi connectivity index (χ2n) is 11.3. The molecule has 1 aliphatic rings. The van der Waals surface area contributed by atoms with Gasteiger partial charge in [-0.2, -0.15) is 8.42 Å². The van der Waals surface area contributed by atoms with Crippen LogP contribution in [0.5, 0.6) is 0 Å². The van der Waals surface area contributed by atoms with Crippen molar-refractivity contribution in [2.24, 2.45) is 0 Å². The third kappa shape index (κ3) is 8.25. The zero-order valence-corrected chi connectivity index (χ0v) is 23.4. The molecule has 3 N–H and O–H groups in total. The first-order valence-corrected chi connectivity index (χ1v) is 14.8. The van der Waals surface area contributed by atoms with E-state index in [4.69, 9.17) is 4.55 Å². The number of carbonyl (C=O) groups is 2. The summed E-state index contributed by atoms with van der Waals surface area (Å²) in [6.07, 6.45) is 2.89. The first kappa shape index (κ1) is 28.5. The SMILES string of the molecule is CC(C)(C)c1ccc(C(Cc2ccc(C(=O)NCCS(=O)(=O)O)cc2)C(=O)Nc2ccc(C3CC3)cc2)cc1. The van der Waals surface area contributed by atoms with E-state index >= 15 is 0 Å². The number of nitrogens with one attached hydrogen (secondary N) is 2. The van der Waals surface area contributed by atoms with Crippen molar-refractivity contribution in [1.82, 2.24) is 5.32 Å². The summed E-state index contributed by atoms with van der Waals surface area (Å²) in [5.74, 6) is -0.893. The average molecular weight is 549 g/mol. The second kappa shape index (κ2) is 11.7. The zero-order chi connectivity index (χ0) is 28.2. The average Bonchev–Trinajstić information content (AvgIpc) is 3.72. The minimum Gasteiger partial charge on any atom is -0.351 e. The van der Waals surface area contributed by atoms with E-state index < -0.39 is 27.7 Å². The monoisotopic (exact) mass is 548 g/mol. The van der Waals surface area contributed by atoms with Gasteiger partial charge >= 0.3 is 0 Å². The van der Waals surface area contributed by atoms with Crippen LogP contribution in [-0.2, 0) is 26.7 Å². The van der Waals surface area contributed by atoms with Gasteiger partial charge in [-0.1, -0.05) is 69.3 Å². The first-order valence-electron chi connectivity index (χ1n) is 13.2. The highest BCUT2D eigenvalue weighted by atomic mass is 32.2. The molecule has 0 bridgehead atoms. The molecule has 0 saturated heterocycles. The highest BCUT2D eigenvalue weighted by molar-refractivity contribution is 7.85. The van der Waals surface area contributed by atoms with E-state index in [-0.39, 0.29) is 17.9 Å². The van der Waals surface area contributed by atoms with E-state index in [9.17, 15) is 18.0 Å². The van der Waals surface area contributed by atoms with E-state index in [1.807, 2.05) is 24.3 Å². The molecule has 0 aliphatic heterocycles. The molecule has 1 aliphatic carbocycles. The molecule has 39 heavy (non-hydrogen) atoms. The summed E-state index contributed by atoms with van der Waals surface area (Å²) >= 11 is 0. The molecule has 2 amide bonds. The summed E-state index contributed by atoms with van der Waals surface area (Å²) in [4.78, 5) is 25.9. The standard InChI is InChI=1S/C31H36N2O5S/c1-31(2,3)26-14-10-24(11-15-26)28(30(35)33-27-16-12-23(13-17-27)22-8-9-22)20-21-4-6-25(7-5-21)29(34)32-18-19-39(36,37)38/h4-7,10-17,22,28H,8-9,18-20H2,1-3H3,(H,32,34)(H,33,35)(H,36,37,38). The van der Waals surface area contributed by atoms with Crippen molar-refractivity contribution < 1.29 is 22.6 Å². The van der Waals surface area contributed by atoms with Gasteiger partial charge in [0.1, 0.15) is 0 Å². The van der Waals surface area contributed by atoms with Crippen LogP contribution in [0.1, 0.15) is 78.1 Å². The van der Waals surface area contributed by atoms with Crippen molar-refractivity contribution in [3.63, 3.8) is 0 Å². The van der Waals surface area contributed by atoms with Crippen LogP contribution in [-0.4, -0.2) is 37.1 Å². The summed E-state index contributed by atoms with van der Waals surface area (Å²) in [5.41, 5.74) is 5.40. The van der Waals surface area contributed by atoms with Crippen molar-refractivity contribution in [1.29, 1.82) is 0 Å². The Morgan fingerprint density at radius 1 is 0.923 bits per heavy atom. The van der Waals surface area contributed by atoms with Crippen LogP contribution in [0.15, 0.2) is 72.8 Å². The van der Waals surface area contributed by atoms with E-state index in [0.717, 1.165) is 16.8 Å². The van der Waals surface area contributed by atoms with Crippen LogP contribution >= 0.6 is 0 Å². The molecular formula is C31H36N2O5S. The van der Waals surface area contributed by atoms with Crippen molar-refractivity contribution in [2.75, 3.05) is 17.6 Å². The van der Waals surface area contributed by atoms with Crippen molar-refractivity contribution in [2.45, 2.75) is 57.3 Å². The highest BCUT2D eigenvalue weighted by Crippen LogP contribution is 2.40. The Morgan fingerprint density at radius 2 is 1.54 bits per heavy atom. The van der Waals surface area contributed by atoms with Gasteiger partial charge < -0.3 is 10.6 Å². The quantitative estimate of drug-likeness (QED) is 0.292. The fraction of sp³-hybridized carbons (Fsp3) is 0.355. The maximum Gasteiger partial charge on any atom is 0.266 e. The molecule has 0 heterocycles. The van der Waals surface area contributed by atoms with Gasteiger partial charge in [0.05, 0.1) is 11.7 Å². The van der Waals surface area contributed by atoms with Crippen molar-refractivity contribution in [3.8, 4) is 0 Å². The Morgan fingerprint density at radius 3 is 2.08 bits per heavy atom. The fourth-order valence-electron chi connectivity index (χ4n) is 4.49. The summed E-state index contributed by atoms with van der Waals surface area (Å²) < 4.78 is 30.6. The maximum absolute atomic E-state index is 13.6. The second-order valence-corrected chi connectivity index (χ2v) is 12.8. The van der Waals surface area contributed by atoms with E-state index in [1.165, 1.54) is 24.0 Å². The van der Waals surface area contributed by atoms with Crippen LogP contribution in [0.3, 0.4) is 0 Å². The van der Waals surface area contributed by atoms with Crippen molar-refractivity contribution in [3.05, 3.63) is 101 Å². The molecule has 1 fully saturated rings. The van der Waals surface area contributed by atoms with Gasteiger partial charge in [0.25, 0.3) is 16.0 Å². The van der Waals surface area contributed by atoms with Crippen LogP contribution in [0.25, 0.3) is 0 Å². The smallest absolute Gasteiger partial charge is 0.266 e. The minimum absolute atomic E-state index is 0.00262. The molecule has 3 aromatic carbocycles. The molecule has 0 radical (unpaired) electrons. The molecule has 7 nitrogen and oxygen atoms in total. The van der Waals surface area contributed by atoms with Gasteiger partial charge in [-0.25, -0.2) is 0 Å². The van der Waals surface area contributed by atoms with Gasteiger partial charge in [-0.15, -0.1) is 0 Å². The van der Waals surface area contributed by atoms with Crippen LogP contribution in [0, 0.1) is 0 Å². The number of hydrogen-bond acceptors (Lipinski definition) is 4. The Labute approximate surface area is 230 Å². The van der Waals surface area contributed by atoms with E-state index in [2.05, 4.69) is 55.7 Å². The molecule has 1 atom stereocenters. The number of benzene rings is 3. The lowest BCUT2D eigenvalue weighted by molar-refractivity contribution is -0.117. The summed E-state index contributed by atoms with van der Waals surface area (Å²) in [6, 6.07) is 23.1. The van der Waals surface area contributed by atoms with Crippen LogP contribution in [0.2, 0.25) is 0 Å². The number of hydrogen-bond donors (Lipinski definition) is 3. The Balaban J connectivity index is 1.50. The third-order valence-corrected chi connectivity index (χ3v) is 7.74. The normalized spacial score (nSPS) is 14.5. The molecule has 0 aromatic heterocycles. The topological polar surface area (TPSA) is 113 Å². The molecule has 8 heteroatoms. The lowest BCUT2D eigenvalue weighted by Gasteiger charge is -2.22. The molecule has 3 aromatic rings. The van der Waals surface area contributed by atoms with Gasteiger partial charge in [0, 0.05) is 17.8 Å². The largest absolute Gasteiger partial charge is 0.351 e. The summed E-state index contributed by atoms with van der Waals surface area (Å²) in [5, 5.41) is 5.56. The number of rotatable bonds is 10. The number of carbonyl (C=O) groups excluding carboxylic acids is 2. The first-order chi connectivity index (χ1) is 18.4. The number of anilines is 1.